The van der Waals surface area contributed by atoms with Gasteiger partial charge in [-0.1, -0.05) is 23.7 Å². The second-order valence-corrected chi connectivity index (χ2v) is 8.01. The third-order valence-electron chi connectivity index (χ3n) is 4.70. The summed E-state index contributed by atoms with van der Waals surface area (Å²) in [5.74, 6) is -0.0314. The minimum Gasteiger partial charge on any atom is -0.396 e. The van der Waals surface area contributed by atoms with Crippen molar-refractivity contribution in [2.75, 3.05) is 6.61 Å². The highest BCUT2D eigenvalue weighted by Gasteiger charge is 2.41. The highest BCUT2D eigenvalue weighted by atomic mass is 35.5. The van der Waals surface area contributed by atoms with Crippen molar-refractivity contribution in [3.8, 4) is 0 Å². The summed E-state index contributed by atoms with van der Waals surface area (Å²) in [4.78, 5) is 18.9. The number of rotatable bonds is 4. The molecule has 1 aromatic carbocycles. The Morgan fingerprint density at radius 1 is 1.48 bits per heavy atom. The molecule has 3 aromatic rings. The molecule has 25 heavy (non-hydrogen) atoms. The predicted octanol–water partition coefficient (Wildman–Crippen LogP) is 3.54. The lowest BCUT2D eigenvalue weighted by Crippen LogP contribution is -2.17. The fourth-order valence-electron chi connectivity index (χ4n) is 3.33. The number of fused-ring (bicyclic) bond motifs is 1. The quantitative estimate of drug-likeness (QED) is 0.755. The van der Waals surface area contributed by atoms with Crippen molar-refractivity contribution in [2.45, 2.75) is 25.7 Å². The van der Waals surface area contributed by atoms with Gasteiger partial charge in [0, 0.05) is 35.6 Å². The van der Waals surface area contributed by atoms with Crippen molar-refractivity contribution in [3.05, 3.63) is 67.3 Å². The van der Waals surface area contributed by atoms with Crippen molar-refractivity contribution in [1.82, 2.24) is 9.38 Å². The lowest BCUT2D eigenvalue weighted by molar-refractivity contribution is 0.273. The van der Waals surface area contributed by atoms with Crippen LogP contribution in [0.15, 0.2) is 29.1 Å². The van der Waals surface area contributed by atoms with Gasteiger partial charge < -0.3 is 5.11 Å². The molecule has 1 saturated carbocycles. The van der Waals surface area contributed by atoms with Crippen LogP contribution in [0.25, 0.3) is 4.96 Å². The lowest BCUT2D eigenvalue weighted by Gasteiger charge is -2.06. The van der Waals surface area contributed by atoms with Gasteiger partial charge in [0.25, 0.3) is 5.56 Å². The number of aliphatic hydroxyl groups excluding tert-OH is 1. The van der Waals surface area contributed by atoms with Gasteiger partial charge in [-0.3, -0.25) is 9.20 Å². The summed E-state index contributed by atoms with van der Waals surface area (Å²) in [7, 11) is 0. The van der Waals surface area contributed by atoms with E-state index in [0.717, 1.165) is 17.0 Å². The van der Waals surface area contributed by atoms with Crippen LogP contribution in [0, 0.1) is 18.7 Å². The topological polar surface area (TPSA) is 54.6 Å². The third-order valence-corrected chi connectivity index (χ3v) is 5.96. The molecule has 0 spiro atoms. The molecule has 1 fully saturated rings. The Bertz CT molecular complexity index is 1030. The van der Waals surface area contributed by atoms with E-state index in [0.29, 0.717) is 16.2 Å². The van der Waals surface area contributed by atoms with Crippen molar-refractivity contribution >= 4 is 27.9 Å². The minimum absolute atomic E-state index is 0.0633. The average Bonchev–Trinajstić information content (AvgIpc) is 3.27. The summed E-state index contributed by atoms with van der Waals surface area (Å²) in [6, 6.07) is 6.28. The molecule has 130 valence electrons. The number of nitrogens with zero attached hydrogens (tertiary/aromatic N) is 2. The van der Waals surface area contributed by atoms with Gasteiger partial charge in [-0.25, -0.2) is 9.37 Å². The number of aryl methyl sites for hydroxylation is 1. The Labute approximate surface area is 152 Å². The van der Waals surface area contributed by atoms with Crippen molar-refractivity contribution in [1.29, 1.82) is 0 Å². The molecule has 1 aliphatic rings. The van der Waals surface area contributed by atoms with E-state index in [9.17, 15) is 14.3 Å². The van der Waals surface area contributed by atoms with Crippen LogP contribution >= 0.6 is 22.9 Å². The van der Waals surface area contributed by atoms with Gasteiger partial charge in [-0.05, 0) is 30.9 Å². The number of thiazole rings is 1. The van der Waals surface area contributed by atoms with E-state index in [-0.39, 0.29) is 35.4 Å². The van der Waals surface area contributed by atoms with Crippen LogP contribution in [0.1, 0.15) is 34.2 Å². The summed E-state index contributed by atoms with van der Waals surface area (Å²) in [6.45, 7) is 2.10. The lowest BCUT2D eigenvalue weighted by atomic mass is 10.1. The number of aliphatic hydroxyl groups is 1. The van der Waals surface area contributed by atoms with Gasteiger partial charge in [-0.2, -0.15) is 0 Å². The first-order chi connectivity index (χ1) is 12.0. The third kappa shape index (κ3) is 2.88. The van der Waals surface area contributed by atoms with Crippen LogP contribution in [0.4, 0.5) is 4.39 Å². The first-order valence-electron chi connectivity index (χ1n) is 8.05. The van der Waals surface area contributed by atoms with E-state index in [4.69, 9.17) is 11.6 Å². The molecule has 0 aliphatic heterocycles. The van der Waals surface area contributed by atoms with E-state index in [2.05, 4.69) is 4.98 Å². The molecular formula is C18H16ClFN2O2S. The zero-order valence-electron chi connectivity index (χ0n) is 13.5. The second-order valence-electron chi connectivity index (χ2n) is 6.42. The molecule has 2 atom stereocenters. The van der Waals surface area contributed by atoms with Crippen LogP contribution in [-0.2, 0) is 6.42 Å². The second kappa shape index (κ2) is 6.20. The maximum Gasteiger partial charge on any atom is 0.258 e. The Balaban J connectivity index is 1.76. The predicted molar refractivity (Wildman–Crippen MR) is 96.2 cm³/mol. The van der Waals surface area contributed by atoms with Gasteiger partial charge in [-0.15, -0.1) is 11.3 Å². The van der Waals surface area contributed by atoms with Crippen LogP contribution < -0.4 is 5.56 Å². The van der Waals surface area contributed by atoms with Gasteiger partial charge in [0.2, 0.25) is 0 Å². The average molecular weight is 379 g/mol. The Hall–Kier alpha value is -1.76. The molecule has 4 nitrogen and oxygen atoms in total. The van der Waals surface area contributed by atoms with E-state index >= 15 is 0 Å². The summed E-state index contributed by atoms with van der Waals surface area (Å²) < 4.78 is 15.7. The molecule has 1 aliphatic carbocycles. The van der Waals surface area contributed by atoms with Gasteiger partial charge >= 0.3 is 0 Å². The normalized spacial score (nSPS) is 19.5. The number of hydrogen-bond donors (Lipinski definition) is 1. The van der Waals surface area contributed by atoms with E-state index in [1.165, 1.54) is 23.5 Å². The molecule has 0 radical (unpaired) electrons. The number of halogens is 2. The Morgan fingerprint density at radius 3 is 3.00 bits per heavy atom. The number of hydrogen-bond acceptors (Lipinski definition) is 4. The van der Waals surface area contributed by atoms with Gasteiger partial charge in [0.05, 0.1) is 10.7 Å². The molecule has 2 unspecified atom stereocenters. The highest BCUT2D eigenvalue weighted by Crippen LogP contribution is 2.49. The molecule has 1 N–H and O–H groups in total. The van der Waals surface area contributed by atoms with Crippen LogP contribution in [0.5, 0.6) is 0 Å². The summed E-state index contributed by atoms with van der Waals surface area (Å²) >= 11 is 7.28. The SMILES string of the molecule is Cc1sc2nc(Cc3cccc(Cl)c3F)cc(=O)n2c1C1CC1CO. The molecular weight excluding hydrogens is 363 g/mol. The van der Waals surface area contributed by atoms with Gasteiger partial charge in [0.15, 0.2) is 4.96 Å². The number of aromatic nitrogens is 2. The zero-order valence-corrected chi connectivity index (χ0v) is 15.1. The maximum absolute atomic E-state index is 14.1. The summed E-state index contributed by atoms with van der Waals surface area (Å²) in [5, 5.41) is 9.38. The molecule has 0 bridgehead atoms. The van der Waals surface area contributed by atoms with Crippen molar-refractivity contribution in [3.63, 3.8) is 0 Å². The monoisotopic (exact) mass is 378 g/mol. The summed E-state index contributed by atoms with van der Waals surface area (Å²) in [6.07, 6.45) is 1.11. The standard InChI is InChI=1S/C18H16ClFN2O2S/c1-9-17(13-6-11(13)8-23)22-15(24)7-12(21-18(22)25-9)5-10-3-2-4-14(19)16(10)20/h2-4,7,11,13,23H,5-6,8H2,1H3. The zero-order chi connectivity index (χ0) is 17.7. The number of benzene rings is 1. The first kappa shape index (κ1) is 16.7. The molecule has 4 rings (SSSR count). The van der Waals surface area contributed by atoms with E-state index in [1.807, 2.05) is 6.92 Å². The van der Waals surface area contributed by atoms with Gasteiger partial charge in [0.1, 0.15) is 5.82 Å². The van der Waals surface area contributed by atoms with Crippen LogP contribution in [0.3, 0.4) is 0 Å². The molecule has 2 heterocycles. The first-order valence-corrected chi connectivity index (χ1v) is 9.24. The Kier molecular flexibility index (Phi) is 4.14. The summed E-state index contributed by atoms with van der Waals surface area (Å²) in [5.41, 5.74) is 1.73. The Morgan fingerprint density at radius 2 is 2.28 bits per heavy atom. The minimum atomic E-state index is -0.474. The van der Waals surface area contributed by atoms with Crippen molar-refractivity contribution < 1.29 is 9.50 Å². The highest BCUT2D eigenvalue weighted by molar-refractivity contribution is 7.17. The smallest absolute Gasteiger partial charge is 0.258 e. The largest absolute Gasteiger partial charge is 0.396 e. The van der Waals surface area contributed by atoms with Crippen LogP contribution in [-0.4, -0.2) is 21.1 Å². The fraction of sp³-hybridized carbons (Fsp3) is 0.333. The van der Waals surface area contributed by atoms with E-state index in [1.54, 1.807) is 16.5 Å². The molecule has 0 saturated heterocycles. The fourth-order valence-corrected chi connectivity index (χ4v) is 4.58. The maximum atomic E-state index is 14.1. The van der Waals surface area contributed by atoms with Crippen molar-refractivity contribution in [2.24, 2.45) is 5.92 Å². The molecule has 0 amide bonds. The molecule has 7 heteroatoms. The molecule has 2 aromatic heterocycles. The van der Waals surface area contributed by atoms with Crippen LogP contribution in [0.2, 0.25) is 5.02 Å². The van der Waals surface area contributed by atoms with E-state index < -0.39 is 5.82 Å².